The SMILES string of the molecule is Nc1ccc(-c2cnc(NC(=O)CCCc3ccccc3)c(Cc3ccccc3)n2)cc1.Nc1ccc(-c2cnc(NC(=O)CCc3ccccc3)c(Cc3ccccc3)n2)cc1.Nc1ccc(-c2cnc(NC(=O)Cc3ccc4ccccc4c3)c(Cc3ccccc3)n2)cc1.Nc1ccc(-c2cnc(NC(=O)Cc3ccccc3)c(Cc3ccccc3)n2)cc1. The Kier molecular flexibility index (Phi) is 30.3. The molecule has 0 atom stereocenters. The van der Waals surface area contributed by atoms with Crippen molar-refractivity contribution in [3.63, 3.8) is 0 Å². The van der Waals surface area contributed by atoms with Crippen LogP contribution < -0.4 is 44.2 Å². The fraction of sp³-hybridized carbons (Fsp3) is 0.103. The van der Waals surface area contributed by atoms with E-state index in [9.17, 15) is 19.2 Å². The molecule has 20 nitrogen and oxygen atoms in total. The number of amides is 4. The number of fused-ring (bicyclic) bond motifs is 1. The Bertz CT molecular complexity index is 6450. The third-order valence-electron chi connectivity index (χ3n) is 20.7. The van der Waals surface area contributed by atoms with Gasteiger partial charge in [-0.05, 0) is 123 Å². The molecular formula is C107H96N16O4. The van der Waals surface area contributed by atoms with Crippen molar-refractivity contribution in [3.8, 4) is 45.0 Å². The van der Waals surface area contributed by atoms with E-state index in [0.717, 1.165) is 125 Å². The number of aryl methyl sites for hydroxylation is 2. The van der Waals surface area contributed by atoms with Gasteiger partial charge in [0.2, 0.25) is 23.6 Å². The molecule has 0 radical (unpaired) electrons. The molecule has 0 aliphatic carbocycles. The summed E-state index contributed by atoms with van der Waals surface area (Å²) in [4.78, 5) is 88.2. The second kappa shape index (κ2) is 44.4. The maximum absolute atomic E-state index is 12.9. The molecule has 0 saturated carbocycles. The topological polar surface area (TPSA) is 324 Å². The quantitative estimate of drug-likeness (QED) is 0.0222. The standard InChI is InChI=1S/C29H24N4O.C27H26N4O.C26H24N4O.C25H22N4O/c30-25-14-12-23(13-15-25)27-19-31-29(26(32-27)17-20-6-2-1-3-7-20)33-28(34)18-21-10-11-22-8-4-5-9-24(22)16-21;28-23-16-14-22(15-17-23)25-19-29-27(24(30-25)18-21-10-5-2-6-11-21)31-26(32)13-7-12-20-8-3-1-4-9-20;27-22-14-12-21(13-15-22)24-18-28-26(23(29-24)17-20-9-5-2-6-10-20)30-25(31)16-11-19-7-3-1-4-8-19;26-21-13-11-20(12-14-21)23-17-27-25(22(28-23)15-18-7-3-1-4-8-18)29-24(30)16-19-9-5-2-6-10-19/h1-16,19H,17-18,30H2,(H,31,33,34);1-6,8-11,14-17,19H,7,12-13,18,28H2,(H,29,31,32);1-10,12-15,18H,11,16-17,27H2,(H,28,30,31);1-14,17H,15-16,26H2,(H,27,29,30). The maximum Gasteiger partial charge on any atom is 0.229 e. The predicted molar refractivity (Wildman–Crippen MR) is 511 cm³/mol. The van der Waals surface area contributed by atoms with Gasteiger partial charge in [-0.3, -0.25) is 19.2 Å². The lowest BCUT2D eigenvalue weighted by Crippen LogP contribution is -2.17. The smallest absolute Gasteiger partial charge is 0.229 e. The van der Waals surface area contributed by atoms with Gasteiger partial charge >= 0.3 is 0 Å². The maximum atomic E-state index is 12.9. The van der Waals surface area contributed by atoms with E-state index in [1.807, 2.05) is 322 Å². The molecule has 0 saturated heterocycles. The Morgan fingerprint density at radius 3 is 0.819 bits per heavy atom. The molecular weight excluding hydrogens is 1570 g/mol. The number of nitrogens with two attached hydrogens (primary N) is 4. The number of nitrogen functional groups attached to an aromatic ring is 4. The van der Waals surface area contributed by atoms with Crippen molar-refractivity contribution in [3.05, 3.63) is 444 Å². The number of carbonyl (C=O) groups is 4. The van der Waals surface area contributed by atoms with Crippen LogP contribution >= 0.6 is 0 Å². The van der Waals surface area contributed by atoms with E-state index in [1.54, 1.807) is 24.8 Å². The lowest BCUT2D eigenvalue weighted by Gasteiger charge is -2.12. The van der Waals surface area contributed by atoms with E-state index >= 15 is 0 Å². The summed E-state index contributed by atoms with van der Waals surface area (Å²) in [7, 11) is 0. The van der Waals surface area contributed by atoms with E-state index in [0.29, 0.717) is 96.7 Å². The molecule has 0 bridgehead atoms. The highest BCUT2D eigenvalue weighted by Gasteiger charge is 2.20. The van der Waals surface area contributed by atoms with Crippen molar-refractivity contribution in [1.82, 2.24) is 39.9 Å². The van der Waals surface area contributed by atoms with Crippen LogP contribution in [-0.4, -0.2) is 63.5 Å². The fourth-order valence-corrected chi connectivity index (χ4v) is 14.0. The average molecular weight is 1670 g/mol. The van der Waals surface area contributed by atoms with Crippen molar-refractivity contribution in [2.75, 3.05) is 44.2 Å². The zero-order valence-corrected chi connectivity index (χ0v) is 70.1. The largest absolute Gasteiger partial charge is 0.399 e. The van der Waals surface area contributed by atoms with Crippen LogP contribution in [0.25, 0.3) is 55.8 Å². The van der Waals surface area contributed by atoms with Gasteiger partial charge < -0.3 is 44.2 Å². The van der Waals surface area contributed by atoms with Crippen LogP contribution in [0.15, 0.2) is 377 Å². The van der Waals surface area contributed by atoms with E-state index in [4.69, 9.17) is 42.9 Å². The summed E-state index contributed by atoms with van der Waals surface area (Å²) in [5.41, 5.74) is 44.3. The molecule has 0 spiro atoms. The first-order valence-corrected chi connectivity index (χ1v) is 42.0. The summed E-state index contributed by atoms with van der Waals surface area (Å²) in [6.45, 7) is 0. The van der Waals surface area contributed by atoms with Crippen LogP contribution in [0.1, 0.15) is 86.5 Å². The first kappa shape index (κ1) is 86.9. The number of nitrogens with zero attached hydrogens (tertiary/aromatic N) is 8. The van der Waals surface area contributed by atoms with Gasteiger partial charge in [0.15, 0.2) is 23.3 Å². The van der Waals surface area contributed by atoms with Gasteiger partial charge in [-0.1, -0.05) is 303 Å². The number of hydrogen-bond acceptors (Lipinski definition) is 16. The predicted octanol–water partition coefficient (Wildman–Crippen LogP) is 20.3. The summed E-state index contributed by atoms with van der Waals surface area (Å²) >= 11 is 0. The first-order chi connectivity index (χ1) is 62.1. The van der Waals surface area contributed by atoms with Gasteiger partial charge in [0.25, 0.3) is 0 Å². The molecule has 0 aliphatic rings. The second-order valence-corrected chi connectivity index (χ2v) is 30.4. The minimum Gasteiger partial charge on any atom is -0.399 e. The lowest BCUT2D eigenvalue weighted by atomic mass is 10.0. The van der Waals surface area contributed by atoms with Crippen molar-refractivity contribution in [1.29, 1.82) is 0 Å². The molecule has 4 aromatic heterocycles. The molecule has 13 aromatic carbocycles. The summed E-state index contributed by atoms with van der Waals surface area (Å²) in [6, 6.07) is 114. The molecule has 0 fully saturated rings. The normalized spacial score (nSPS) is 10.6. The summed E-state index contributed by atoms with van der Waals surface area (Å²) in [5.74, 6) is 1.60. The Hall–Kier alpha value is -16.5. The molecule has 12 N–H and O–H groups in total. The number of rotatable bonds is 27. The monoisotopic (exact) mass is 1670 g/mol. The Morgan fingerprint density at radius 2 is 0.496 bits per heavy atom. The van der Waals surface area contributed by atoms with Crippen LogP contribution in [0, 0.1) is 0 Å². The van der Waals surface area contributed by atoms with Crippen molar-refractivity contribution >= 4 is 80.4 Å². The summed E-state index contributed by atoms with van der Waals surface area (Å²) in [5, 5.41) is 14.1. The van der Waals surface area contributed by atoms with Gasteiger partial charge in [0.1, 0.15) is 0 Å². The van der Waals surface area contributed by atoms with Crippen LogP contribution in [0.4, 0.5) is 46.0 Å². The van der Waals surface area contributed by atoms with Gasteiger partial charge in [0.05, 0.1) is 83.2 Å². The summed E-state index contributed by atoms with van der Waals surface area (Å²) < 4.78 is 0. The van der Waals surface area contributed by atoms with Crippen molar-refractivity contribution in [2.24, 2.45) is 0 Å². The third kappa shape index (κ3) is 26.5. The number of anilines is 8. The molecule has 4 amide bonds. The second-order valence-electron chi connectivity index (χ2n) is 30.4. The van der Waals surface area contributed by atoms with Gasteiger partial charge in [-0.15, -0.1) is 0 Å². The number of nitrogens with one attached hydrogen (secondary N) is 4. The highest BCUT2D eigenvalue weighted by Crippen LogP contribution is 2.30. The molecule has 17 rings (SSSR count). The van der Waals surface area contributed by atoms with Crippen molar-refractivity contribution < 1.29 is 19.2 Å². The van der Waals surface area contributed by atoms with E-state index < -0.39 is 0 Å². The van der Waals surface area contributed by atoms with Crippen molar-refractivity contribution in [2.45, 2.75) is 70.6 Å². The Labute approximate surface area is 738 Å². The Balaban J connectivity index is 0.000000137. The molecule has 628 valence electrons. The van der Waals surface area contributed by atoms with Crippen LogP contribution in [0.5, 0.6) is 0 Å². The molecule has 4 heterocycles. The summed E-state index contributed by atoms with van der Waals surface area (Å²) in [6.07, 6.45) is 12.7. The average Bonchev–Trinajstić information content (AvgIpc) is 0.829. The van der Waals surface area contributed by atoms with Gasteiger partial charge in [0, 0.05) is 83.5 Å². The number of carbonyl (C=O) groups excluding carboxylic acids is 4. The van der Waals surface area contributed by atoms with Gasteiger partial charge in [-0.2, -0.15) is 0 Å². The zero-order valence-electron chi connectivity index (χ0n) is 70.1. The van der Waals surface area contributed by atoms with Crippen LogP contribution in [-0.2, 0) is 70.5 Å². The highest BCUT2D eigenvalue weighted by atomic mass is 16.2. The van der Waals surface area contributed by atoms with Crippen LogP contribution in [0.2, 0.25) is 0 Å². The highest BCUT2D eigenvalue weighted by molar-refractivity contribution is 5.94. The third-order valence-corrected chi connectivity index (χ3v) is 20.7. The number of aromatic nitrogens is 8. The van der Waals surface area contributed by atoms with E-state index in [2.05, 4.69) is 71.5 Å². The molecule has 20 heteroatoms. The fourth-order valence-electron chi connectivity index (χ4n) is 14.0. The molecule has 0 aliphatic heterocycles. The lowest BCUT2D eigenvalue weighted by molar-refractivity contribution is -0.117. The van der Waals surface area contributed by atoms with E-state index in [-0.39, 0.29) is 36.5 Å². The minimum absolute atomic E-state index is 0.0511. The molecule has 127 heavy (non-hydrogen) atoms. The first-order valence-electron chi connectivity index (χ1n) is 42.0. The molecule has 17 aromatic rings. The van der Waals surface area contributed by atoms with Crippen LogP contribution in [0.3, 0.4) is 0 Å². The molecule has 0 unspecified atom stereocenters. The number of hydrogen-bond donors (Lipinski definition) is 8. The Morgan fingerprint density at radius 1 is 0.236 bits per heavy atom. The van der Waals surface area contributed by atoms with Gasteiger partial charge in [-0.25, -0.2) is 39.9 Å². The minimum atomic E-state index is -0.126. The number of benzene rings is 13. The zero-order chi connectivity index (χ0) is 87.7. The van der Waals surface area contributed by atoms with E-state index in [1.165, 1.54) is 5.56 Å².